The van der Waals surface area contributed by atoms with Crippen LogP contribution in [0.25, 0.3) is 0 Å². The number of likely N-dealkylation sites (N-methyl/N-ethyl adjacent to an activating group) is 2. The number of nitrogens with one attached hydrogen (secondary N) is 1. The molecule has 1 heterocycles. The molecule has 0 saturated carbocycles. The molecule has 2 rings (SSSR count). The van der Waals surface area contributed by atoms with Gasteiger partial charge in [0.15, 0.2) is 0 Å². The number of nitrogens with zero attached hydrogens (tertiary/aromatic N) is 1. The van der Waals surface area contributed by atoms with Gasteiger partial charge in [0.2, 0.25) is 0 Å². The van der Waals surface area contributed by atoms with Crippen molar-refractivity contribution in [3.8, 4) is 0 Å². The fourth-order valence-corrected chi connectivity index (χ4v) is 2.23. The molecule has 0 radical (unpaired) electrons. The first-order valence-electron chi connectivity index (χ1n) is 5.71. The third kappa shape index (κ3) is 2.00. The quantitative estimate of drug-likeness (QED) is 0.808. The molecule has 15 heavy (non-hydrogen) atoms. The number of benzene rings is 1. The van der Waals surface area contributed by atoms with Gasteiger partial charge in [-0.25, -0.2) is 0 Å². The normalized spacial score (nSPS) is 19.4. The molecule has 0 aromatic heterocycles. The van der Waals surface area contributed by atoms with Crippen molar-refractivity contribution < 1.29 is 0 Å². The van der Waals surface area contributed by atoms with Crippen LogP contribution in [0, 0.1) is 0 Å². The monoisotopic (exact) mass is 204 g/mol. The molecule has 0 saturated heterocycles. The van der Waals surface area contributed by atoms with Crippen molar-refractivity contribution in [1.29, 1.82) is 0 Å². The van der Waals surface area contributed by atoms with Gasteiger partial charge in [0.25, 0.3) is 0 Å². The van der Waals surface area contributed by atoms with Crippen LogP contribution in [-0.4, -0.2) is 26.7 Å². The average molecular weight is 204 g/mol. The molecule has 1 aromatic rings. The summed E-state index contributed by atoms with van der Waals surface area (Å²) in [6, 6.07) is 7.55. The van der Waals surface area contributed by atoms with Gasteiger partial charge in [-0.3, -0.25) is 0 Å². The summed E-state index contributed by atoms with van der Waals surface area (Å²) in [4.78, 5) is 2.39. The van der Waals surface area contributed by atoms with Gasteiger partial charge in [0, 0.05) is 18.8 Å². The summed E-state index contributed by atoms with van der Waals surface area (Å²) >= 11 is 0. The first-order valence-corrected chi connectivity index (χ1v) is 5.71. The van der Waals surface area contributed by atoms with Gasteiger partial charge in [-0.15, -0.1) is 0 Å². The van der Waals surface area contributed by atoms with Gasteiger partial charge < -0.3 is 10.2 Å². The number of fused-ring (bicyclic) bond motifs is 1. The molecule has 0 spiro atoms. The van der Waals surface area contributed by atoms with Gasteiger partial charge in [-0.2, -0.15) is 0 Å². The SMILES string of the molecule is CNCCc1ccc2c(c1)N(C)C(C)C2. The maximum absolute atomic E-state index is 3.19. The van der Waals surface area contributed by atoms with Crippen LogP contribution in [0.5, 0.6) is 0 Å². The smallest absolute Gasteiger partial charge is 0.0402 e. The third-order valence-corrected chi connectivity index (χ3v) is 3.37. The van der Waals surface area contributed by atoms with E-state index in [9.17, 15) is 0 Å². The van der Waals surface area contributed by atoms with Crippen LogP contribution >= 0.6 is 0 Å². The molecule has 2 nitrogen and oxygen atoms in total. The number of hydrogen-bond acceptors (Lipinski definition) is 2. The topological polar surface area (TPSA) is 15.3 Å². The van der Waals surface area contributed by atoms with Crippen LogP contribution in [0.1, 0.15) is 18.1 Å². The minimum Gasteiger partial charge on any atom is -0.371 e. The molecule has 1 N–H and O–H groups in total. The number of rotatable bonds is 3. The highest BCUT2D eigenvalue weighted by Gasteiger charge is 2.22. The number of anilines is 1. The van der Waals surface area contributed by atoms with E-state index >= 15 is 0 Å². The second kappa shape index (κ2) is 4.23. The molecule has 1 atom stereocenters. The van der Waals surface area contributed by atoms with Crippen LogP contribution in [-0.2, 0) is 12.8 Å². The van der Waals surface area contributed by atoms with E-state index in [4.69, 9.17) is 0 Å². The molecule has 1 aliphatic rings. The molecule has 1 aromatic carbocycles. The van der Waals surface area contributed by atoms with Gasteiger partial charge >= 0.3 is 0 Å². The van der Waals surface area contributed by atoms with Gasteiger partial charge in [-0.05, 0) is 50.6 Å². The Labute approximate surface area is 92.3 Å². The first-order chi connectivity index (χ1) is 7.22. The van der Waals surface area contributed by atoms with Crippen molar-refractivity contribution in [2.75, 3.05) is 25.5 Å². The fraction of sp³-hybridized carbons (Fsp3) is 0.538. The van der Waals surface area contributed by atoms with E-state index in [1.165, 1.54) is 23.2 Å². The van der Waals surface area contributed by atoms with E-state index in [0.717, 1.165) is 13.0 Å². The van der Waals surface area contributed by atoms with Gasteiger partial charge in [0.1, 0.15) is 0 Å². The predicted molar refractivity (Wildman–Crippen MR) is 65.6 cm³/mol. The summed E-state index contributed by atoms with van der Waals surface area (Å²) < 4.78 is 0. The highest BCUT2D eigenvalue weighted by atomic mass is 15.1. The van der Waals surface area contributed by atoms with E-state index < -0.39 is 0 Å². The fourth-order valence-electron chi connectivity index (χ4n) is 2.23. The molecule has 2 heteroatoms. The molecule has 0 fully saturated rings. The zero-order chi connectivity index (χ0) is 10.8. The molecule has 0 aliphatic carbocycles. The first kappa shape index (κ1) is 10.5. The van der Waals surface area contributed by atoms with Crippen molar-refractivity contribution in [3.63, 3.8) is 0 Å². The van der Waals surface area contributed by atoms with E-state index in [1.54, 1.807) is 0 Å². The van der Waals surface area contributed by atoms with Crippen molar-refractivity contribution in [3.05, 3.63) is 29.3 Å². The lowest BCUT2D eigenvalue weighted by Gasteiger charge is -2.18. The minimum atomic E-state index is 0.652. The summed E-state index contributed by atoms with van der Waals surface area (Å²) in [5.74, 6) is 0. The summed E-state index contributed by atoms with van der Waals surface area (Å²) in [5, 5.41) is 3.19. The Kier molecular flexibility index (Phi) is 2.96. The standard InChI is InChI=1S/C13H20N2/c1-10-8-12-5-4-11(6-7-14-2)9-13(12)15(10)3/h4-5,9-10,14H,6-8H2,1-3H3. The van der Waals surface area contributed by atoms with E-state index in [-0.39, 0.29) is 0 Å². The van der Waals surface area contributed by atoms with E-state index in [1.807, 2.05) is 7.05 Å². The van der Waals surface area contributed by atoms with Crippen molar-refractivity contribution in [2.24, 2.45) is 0 Å². The lowest BCUT2D eigenvalue weighted by Crippen LogP contribution is -2.23. The average Bonchev–Trinajstić information content (AvgIpc) is 2.52. The molecule has 0 bridgehead atoms. The van der Waals surface area contributed by atoms with Crippen molar-refractivity contribution >= 4 is 5.69 Å². The van der Waals surface area contributed by atoms with E-state index in [2.05, 4.69) is 42.4 Å². The van der Waals surface area contributed by atoms with Crippen LogP contribution in [0.4, 0.5) is 5.69 Å². The second-order valence-electron chi connectivity index (χ2n) is 4.48. The van der Waals surface area contributed by atoms with Gasteiger partial charge in [-0.1, -0.05) is 12.1 Å². The van der Waals surface area contributed by atoms with Crippen molar-refractivity contribution in [2.45, 2.75) is 25.8 Å². The second-order valence-corrected chi connectivity index (χ2v) is 4.48. The summed E-state index contributed by atoms with van der Waals surface area (Å²) in [5.41, 5.74) is 4.36. The lowest BCUT2D eigenvalue weighted by molar-refractivity contribution is 0.732. The maximum Gasteiger partial charge on any atom is 0.0402 e. The molecule has 0 amide bonds. The molecular formula is C13H20N2. The van der Waals surface area contributed by atoms with Crippen LogP contribution < -0.4 is 10.2 Å². The van der Waals surface area contributed by atoms with E-state index in [0.29, 0.717) is 6.04 Å². The summed E-state index contributed by atoms with van der Waals surface area (Å²) in [6.07, 6.45) is 2.31. The molecule has 82 valence electrons. The summed E-state index contributed by atoms with van der Waals surface area (Å²) in [6.45, 7) is 3.34. The molecule has 1 aliphatic heterocycles. The Hall–Kier alpha value is -1.02. The lowest BCUT2D eigenvalue weighted by atomic mass is 10.1. The van der Waals surface area contributed by atoms with Crippen LogP contribution in [0.2, 0.25) is 0 Å². The van der Waals surface area contributed by atoms with Crippen LogP contribution in [0.15, 0.2) is 18.2 Å². The predicted octanol–water partition coefficient (Wildman–Crippen LogP) is 1.83. The summed E-state index contributed by atoms with van der Waals surface area (Å²) in [7, 11) is 4.19. The van der Waals surface area contributed by atoms with Crippen LogP contribution in [0.3, 0.4) is 0 Å². The largest absolute Gasteiger partial charge is 0.371 e. The zero-order valence-corrected chi connectivity index (χ0v) is 9.88. The molecular weight excluding hydrogens is 184 g/mol. The Morgan fingerprint density at radius 3 is 3.00 bits per heavy atom. The highest BCUT2D eigenvalue weighted by molar-refractivity contribution is 5.60. The Morgan fingerprint density at radius 1 is 1.47 bits per heavy atom. The Balaban J connectivity index is 2.20. The maximum atomic E-state index is 3.19. The third-order valence-electron chi connectivity index (χ3n) is 3.37. The van der Waals surface area contributed by atoms with Gasteiger partial charge in [0.05, 0.1) is 0 Å². The van der Waals surface area contributed by atoms with Crippen molar-refractivity contribution in [1.82, 2.24) is 5.32 Å². The minimum absolute atomic E-state index is 0.652. The Morgan fingerprint density at radius 2 is 2.27 bits per heavy atom. The molecule has 1 unspecified atom stereocenters. The Bertz CT molecular complexity index is 346. The zero-order valence-electron chi connectivity index (χ0n) is 9.88. The number of hydrogen-bond donors (Lipinski definition) is 1. The highest BCUT2D eigenvalue weighted by Crippen LogP contribution is 2.31.